The summed E-state index contributed by atoms with van der Waals surface area (Å²) in [5.41, 5.74) is 5.79. The molecule has 0 spiro atoms. The van der Waals surface area contributed by atoms with Gasteiger partial charge in [-0.2, -0.15) is 0 Å². The van der Waals surface area contributed by atoms with Gasteiger partial charge in [0, 0.05) is 63.2 Å². The van der Waals surface area contributed by atoms with E-state index < -0.39 is 89.0 Å². The van der Waals surface area contributed by atoms with Gasteiger partial charge in [0.15, 0.2) is 0 Å². The topological polar surface area (TPSA) is 358 Å². The molecule has 1 aliphatic rings. The number of anilines is 1. The number of hydrogen-bond acceptors (Lipinski definition) is 16. The van der Waals surface area contributed by atoms with Gasteiger partial charge in [-0.05, 0) is 56.0 Å². The van der Waals surface area contributed by atoms with E-state index in [4.69, 9.17) is 24.7 Å². The van der Waals surface area contributed by atoms with Crippen molar-refractivity contribution in [2.75, 3.05) is 44.8 Å². The third-order valence-corrected chi connectivity index (χ3v) is 9.65. The molecule has 2 aromatic carbocycles. The summed E-state index contributed by atoms with van der Waals surface area (Å²) in [5, 5.41) is 56.3. The molecule has 0 heterocycles. The highest BCUT2D eigenvalue weighted by molar-refractivity contribution is 5.98. The Morgan fingerprint density at radius 3 is 2.20 bits per heavy atom. The number of carbonyl (C=O) groups excluding carboxylic acids is 7. The molecule has 2 aromatic rings. The first kappa shape index (κ1) is 51.9. The maximum atomic E-state index is 13.3. The molecule has 24 nitrogen and oxygen atoms in total. The predicted molar refractivity (Wildman–Crippen MR) is 223 cm³/mol. The van der Waals surface area contributed by atoms with Crippen molar-refractivity contribution in [2.45, 2.75) is 89.0 Å². The summed E-state index contributed by atoms with van der Waals surface area (Å²) in [6, 6.07) is 7.10. The lowest BCUT2D eigenvalue weighted by Gasteiger charge is -2.42. The number of nitro groups is 1. The summed E-state index contributed by atoms with van der Waals surface area (Å²) in [6.07, 6.45) is -4.26. The monoisotopic (exact) mass is 904 g/mol. The van der Waals surface area contributed by atoms with Gasteiger partial charge in [0.1, 0.15) is 30.5 Å². The number of primary amides is 1. The number of nitrogens with two attached hydrogens (primary N) is 1. The predicted octanol–water partition coefficient (Wildman–Crippen LogP) is -0.776. The molecular weight excluding hydrogens is 848 g/mol. The van der Waals surface area contributed by atoms with Crippen LogP contribution in [-0.2, 0) is 44.8 Å². The van der Waals surface area contributed by atoms with Crippen LogP contribution in [-0.4, -0.2) is 138 Å². The van der Waals surface area contributed by atoms with E-state index in [1.165, 1.54) is 50.2 Å². The molecule has 7 unspecified atom stereocenters. The van der Waals surface area contributed by atoms with Crippen molar-refractivity contribution in [2.24, 2.45) is 11.7 Å². The van der Waals surface area contributed by atoms with Crippen LogP contribution < -0.4 is 42.4 Å². The molecule has 24 heteroatoms. The zero-order chi connectivity index (χ0) is 47.2. The Bertz CT molecular complexity index is 1890. The fraction of sp³-hybridized carbons (Fsp3) is 0.525. The van der Waals surface area contributed by atoms with E-state index >= 15 is 0 Å². The largest absolute Gasteiger partial charge is 0.514 e. The Morgan fingerprint density at radius 1 is 0.875 bits per heavy atom. The molecular formula is C40H56N8O16. The summed E-state index contributed by atoms with van der Waals surface area (Å²) in [6.45, 7) is 2.55. The summed E-state index contributed by atoms with van der Waals surface area (Å²) < 4.78 is 21.3. The molecule has 0 aliphatic heterocycles. The van der Waals surface area contributed by atoms with E-state index in [1.807, 2.05) is 0 Å². The van der Waals surface area contributed by atoms with Crippen molar-refractivity contribution in [3.63, 3.8) is 0 Å². The van der Waals surface area contributed by atoms with E-state index in [2.05, 4.69) is 31.9 Å². The fourth-order valence-corrected chi connectivity index (χ4v) is 6.28. The molecule has 11 N–H and O–H groups in total. The van der Waals surface area contributed by atoms with Crippen LogP contribution in [0.3, 0.4) is 0 Å². The minimum atomic E-state index is -1.34. The standard InChI is InChI=1S/C40H56N8O16/c1-23(44-33(52)14-13-32(51)42-16-17-61-18-19-62-31-20-26(21-49)35(53)36(54)34(31)45-24(2)50)37(55)47-30(4-3-15-43-39(41)57)38(56)46-27-7-5-25(6-8-27)22-63-40(58)64-29-11-9-28(10-12-29)48(59)60/h5-12,23,26,30-31,34-36,49,53-54H,3-4,13-22H2,1-2H3,(H,42,51)(H,44,52)(H,45,50)(H,46,56)(H,47,55)(H3,41,43,57). The van der Waals surface area contributed by atoms with Crippen molar-refractivity contribution >= 4 is 53.1 Å². The van der Waals surface area contributed by atoms with E-state index in [9.17, 15) is 59.0 Å². The van der Waals surface area contributed by atoms with Gasteiger partial charge in [0.25, 0.3) is 5.69 Å². The molecule has 1 fully saturated rings. The summed E-state index contributed by atoms with van der Waals surface area (Å²) >= 11 is 0. The first-order valence-corrected chi connectivity index (χ1v) is 20.3. The Labute approximate surface area is 367 Å². The lowest BCUT2D eigenvalue weighted by Crippen LogP contribution is -2.61. The number of benzene rings is 2. The molecule has 352 valence electrons. The number of rotatable bonds is 25. The molecule has 0 aromatic heterocycles. The minimum Gasteiger partial charge on any atom is -0.429 e. The zero-order valence-corrected chi connectivity index (χ0v) is 35.3. The van der Waals surface area contributed by atoms with Gasteiger partial charge in [-0.3, -0.25) is 34.1 Å². The van der Waals surface area contributed by atoms with Crippen LogP contribution in [0.25, 0.3) is 0 Å². The van der Waals surface area contributed by atoms with Crippen LogP contribution in [0.2, 0.25) is 0 Å². The summed E-state index contributed by atoms with van der Waals surface area (Å²) in [7, 11) is 0. The SMILES string of the molecule is CC(=O)NC1C(OCCOCCNC(=O)CCC(=O)NC(C)C(=O)NC(CCCNC(N)=O)C(=O)Nc2ccc(COC(=O)Oc3ccc([N+](=O)[O-])cc3)cc2)CC(CO)C(O)C1O. The molecule has 1 saturated carbocycles. The average molecular weight is 905 g/mol. The first-order chi connectivity index (χ1) is 30.5. The number of urea groups is 1. The van der Waals surface area contributed by atoms with Crippen LogP contribution in [0, 0.1) is 16.0 Å². The fourth-order valence-electron chi connectivity index (χ4n) is 6.28. The van der Waals surface area contributed by atoms with Crippen molar-refractivity contribution in [1.82, 2.24) is 26.6 Å². The van der Waals surface area contributed by atoms with Crippen molar-refractivity contribution < 1.29 is 72.8 Å². The van der Waals surface area contributed by atoms with Gasteiger partial charge in [-0.1, -0.05) is 12.1 Å². The third kappa shape index (κ3) is 18.5. The van der Waals surface area contributed by atoms with Gasteiger partial charge in [-0.25, -0.2) is 9.59 Å². The van der Waals surface area contributed by atoms with Crippen LogP contribution in [0.4, 0.5) is 21.0 Å². The van der Waals surface area contributed by atoms with Gasteiger partial charge < -0.3 is 71.9 Å². The molecule has 7 atom stereocenters. The first-order valence-electron chi connectivity index (χ1n) is 20.3. The number of non-ortho nitro benzene ring substituents is 1. The summed E-state index contributed by atoms with van der Waals surface area (Å²) in [5.74, 6) is -3.41. The lowest BCUT2D eigenvalue weighted by atomic mass is 9.79. The number of carbonyl (C=O) groups is 7. The van der Waals surface area contributed by atoms with Gasteiger partial charge in [0.05, 0.1) is 43.0 Å². The maximum Gasteiger partial charge on any atom is 0.514 e. The number of aliphatic hydroxyl groups excluding tert-OH is 3. The number of amides is 7. The zero-order valence-electron chi connectivity index (χ0n) is 35.3. The molecule has 0 radical (unpaired) electrons. The van der Waals surface area contributed by atoms with Crippen molar-refractivity contribution in [3.8, 4) is 5.75 Å². The Hall–Kier alpha value is -6.47. The van der Waals surface area contributed by atoms with Crippen LogP contribution in [0.5, 0.6) is 5.75 Å². The second-order valence-electron chi connectivity index (χ2n) is 14.6. The lowest BCUT2D eigenvalue weighted by molar-refractivity contribution is -0.384. The van der Waals surface area contributed by atoms with Gasteiger partial charge in [-0.15, -0.1) is 0 Å². The number of nitrogens with one attached hydrogen (secondary N) is 6. The highest BCUT2D eigenvalue weighted by Gasteiger charge is 2.44. The molecule has 0 bridgehead atoms. The molecule has 7 amide bonds. The second-order valence-corrected chi connectivity index (χ2v) is 14.6. The number of nitrogens with zero attached hydrogens (tertiary/aromatic N) is 1. The third-order valence-electron chi connectivity index (χ3n) is 9.65. The summed E-state index contributed by atoms with van der Waals surface area (Å²) in [4.78, 5) is 96.3. The number of nitro benzene ring substituents is 1. The number of hydrogen-bond donors (Lipinski definition) is 10. The van der Waals surface area contributed by atoms with Gasteiger partial charge >= 0.3 is 12.2 Å². The van der Waals surface area contributed by atoms with E-state index in [0.717, 1.165) is 0 Å². The molecule has 0 saturated heterocycles. The molecule has 3 rings (SSSR count). The quantitative estimate of drug-likeness (QED) is 0.0192. The normalized spacial score (nSPS) is 18.9. The Kier molecular flexibility index (Phi) is 21.8. The van der Waals surface area contributed by atoms with Crippen LogP contribution in [0.1, 0.15) is 51.5 Å². The molecule has 1 aliphatic carbocycles. The number of aliphatic hydroxyl groups is 3. The van der Waals surface area contributed by atoms with Crippen molar-refractivity contribution in [3.05, 3.63) is 64.2 Å². The minimum absolute atomic E-state index is 0.0424. The highest BCUT2D eigenvalue weighted by atomic mass is 16.7. The number of ether oxygens (including phenoxy) is 4. The van der Waals surface area contributed by atoms with Gasteiger partial charge in [0.2, 0.25) is 29.5 Å². The van der Waals surface area contributed by atoms with E-state index in [-0.39, 0.29) is 89.7 Å². The van der Waals surface area contributed by atoms with Crippen LogP contribution >= 0.6 is 0 Å². The second kappa shape index (κ2) is 26.9. The Balaban J connectivity index is 1.38. The van der Waals surface area contributed by atoms with Crippen LogP contribution in [0.15, 0.2) is 48.5 Å². The maximum absolute atomic E-state index is 13.3. The van der Waals surface area contributed by atoms with E-state index in [1.54, 1.807) is 12.1 Å². The van der Waals surface area contributed by atoms with E-state index in [0.29, 0.717) is 11.3 Å². The Morgan fingerprint density at radius 2 is 1.56 bits per heavy atom. The average Bonchev–Trinajstić information content (AvgIpc) is 3.25. The van der Waals surface area contributed by atoms with Crippen molar-refractivity contribution in [1.29, 1.82) is 0 Å². The highest BCUT2D eigenvalue weighted by Crippen LogP contribution is 2.28. The molecule has 64 heavy (non-hydrogen) atoms. The smallest absolute Gasteiger partial charge is 0.429 e.